The first-order valence-corrected chi connectivity index (χ1v) is 11.6. The third-order valence-corrected chi connectivity index (χ3v) is 7.70. The molecule has 1 heterocycles. The van der Waals surface area contributed by atoms with Gasteiger partial charge in [-0.1, -0.05) is 78.4 Å². The summed E-state index contributed by atoms with van der Waals surface area (Å²) in [4.78, 5) is 0. The van der Waals surface area contributed by atoms with E-state index in [1.54, 1.807) is 0 Å². The lowest BCUT2D eigenvalue weighted by molar-refractivity contribution is -0.695. The Kier molecular flexibility index (Phi) is 5.92. The molecule has 29 heavy (non-hydrogen) atoms. The number of hydrogen-bond donors (Lipinski definition) is 0. The minimum absolute atomic E-state index is 0.386. The Labute approximate surface area is 175 Å². The SMILES string of the molecule is Cc1cc(C)c(-n2[c-][n+](CCP(c3ccccc3)c3ccccc3)cc2)c(C)c1. The second-order valence-electron chi connectivity index (χ2n) is 7.53. The molecule has 3 heteroatoms. The average molecular weight is 398 g/mol. The number of aromatic nitrogens is 2. The fraction of sp³-hybridized carbons (Fsp3) is 0.192. The quantitative estimate of drug-likeness (QED) is 0.255. The largest absolute Gasteiger partial charge is 0.326 e. The molecule has 0 saturated heterocycles. The monoisotopic (exact) mass is 398 g/mol. The Bertz CT molecular complexity index is 1020. The van der Waals surface area contributed by atoms with E-state index < -0.39 is 0 Å². The molecule has 0 bridgehead atoms. The zero-order valence-electron chi connectivity index (χ0n) is 17.3. The maximum Gasteiger partial charge on any atom is 0.243 e. The van der Waals surface area contributed by atoms with Crippen LogP contribution in [0.2, 0.25) is 0 Å². The van der Waals surface area contributed by atoms with E-state index in [1.807, 2.05) is 0 Å². The van der Waals surface area contributed by atoms with Crippen molar-refractivity contribution in [2.24, 2.45) is 0 Å². The normalized spacial score (nSPS) is 11.2. The maximum absolute atomic E-state index is 3.53. The van der Waals surface area contributed by atoms with Crippen LogP contribution in [0.3, 0.4) is 0 Å². The van der Waals surface area contributed by atoms with Crippen molar-refractivity contribution in [3.05, 3.63) is 108 Å². The van der Waals surface area contributed by atoms with Gasteiger partial charge in [0.15, 0.2) is 0 Å². The summed E-state index contributed by atoms with van der Waals surface area (Å²) in [7, 11) is -0.386. The Hall–Kier alpha value is -2.70. The number of hydrogen-bond acceptors (Lipinski definition) is 0. The first-order valence-electron chi connectivity index (χ1n) is 10.1. The van der Waals surface area contributed by atoms with Crippen molar-refractivity contribution in [1.82, 2.24) is 4.57 Å². The average Bonchev–Trinajstić information content (AvgIpc) is 3.17. The first kappa shape index (κ1) is 19.6. The minimum atomic E-state index is -0.386. The zero-order chi connectivity index (χ0) is 20.2. The van der Waals surface area contributed by atoms with Crippen molar-refractivity contribution >= 4 is 18.5 Å². The molecule has 0 spiro atoms. The van der Waals surface area contributed by atoms with Crippen molar-refractivity contribution in [3.8, 4) is 5.69 Å². The van der Waals surface area contributed by atoms with Crippen LogP contribution in [0, 0.1) is 27.1 Å². The van der Waals surface area contributed by atoms with Crippen LogP contribution in [-0.2, 0) is 6.54 Å². The fourth-order valence-electron chi connectivity index (χ4n) is 3.98. The molecule has 1 aromatic heterocycles. The van der Waals surface area contributed by atoms with Crippen LogP contribution < -0.4 is 15.2 Å². The molecular formula is C26H27N2P. The summed E-state index contributed by atoms with van der Waals surface area (Å²) in [6.07, 6.45) is 8.89. The van der Waals surface area contributed by atoms with Gasteiger partial charge in [-0.3, -0.25) is 0 Å². The lowest BCUT2D eigenvalue weighted by Crippen LogP contribution is -2.34. The maximum atomic E-state index is 3.53. The molecule has 0 aliphatic rings. The van der Waals surface area contributed by atoms with Crippen LogP contribution in [0.4, 0.5) is 0 Å². The van der Waals surface area contributed by atoms with Gasteiger partial charge in [-0.05, 0) is 50.4 Å². The molecule has 3 aromatic carbocycles. The van der Waals surface area contributed by atoms with E-state index in [-0.39, 0.29) is 7.92 Å². The Morgan fingerprint density at radius 1 is 0.828 bits per heavy atom. The third kappa shape index (κ3) is 4.49. The standard InChI is InChI=1S/C26H27N2P/c1-21-18-22(2)26(23(3)19-21)28-15-14-27(20-28)16-17-29(24-10-6-4-7-11-24)25-12-8-5-9-13-25/h4-15,18-19H,16-17H2,1-3H3. The van der Waals surface area contributed by atoms with Gasteiger partial charge in [-0.15, -0.1) is 0 Å². The summed E-state index contributed by atoms with van der Waals surface area (Å²) in [6.45, 7) is 7.46. The predicted molar refractivity (Wildman–Crippen MR) is 123 cm³/mol. The highest BCUT2D eigenvalue weighted by Gasteiger charge is 2.14. The van der Waals surface area contributed by atoms with Gasteiger partial charge in [0.25, 0.3) is 0 Å². The molecule has 0 aliphatic carbocycles. The van der Waals surface area contributed by atoms with E-state index in [2.05, 4.69) is 121 Å². The van der Waals surface area contributed by atoms with Crippen molar-refractivity contribution < 1.29 is 4.57 Å². The summed E-state index contributed by atoms with van der Waals surface area (Å²) in [5.74, 6) is 0. The number of rotatable bonds is 6. The molecular weight excluding hydrogens is 371 g/mol. The number of benzene rings is 3. The van der Waals surface area contributed by atoms with Gasteiger partial charge in [0.1, 0.15) is 0 Å². The first-order chi connectivity index (χ1) is 14.1. The molecule has 0 fully saturated rings. The molecule has 146 valence electrons. The van der Waals surface area contributed by atoms with Crippen LogP contribution in [0.5, 0.6) is 0 Å². The summed E-state index contributed by atoms with van der Waals surface area (Å²) in [6, 6.07) is 26.3. The Morgan fingerprint density at radius 3 is 1.93 bits per heavy atom. The smallest absolute Gasteiger partial charge is 0.243 e. The highest BCUT2D eigenvalue weighted by Crippen LogP contribution is 2.32. The molecule has 0 amide bonds. The van der Waals surface area contributed by atoms with Gasteiger partial charge in [-0.2, -0.15) is 0 Å². The highest BCUT2D eigenvalue weighted by atomic mass is 31.1. The van der Waals surface area contributed by atoms with Gasteiger partial charge in [-0.25, -0.2) is 0 Å². The van der Waals surface area contributed by atoms with E-state index in [1.165, 1.54) is 33.0 Å². The summed E-state index contributed by atoms with van der Waals surface area (Å²) in [5.41, 5.74) is 5.12. The number of aryl methyl sites for hydroxylation is 4. The van der Waals surface area contributed by atoms with Gasteiger partial charge in [0.2, 0.25) is 6.33 Å². The molecule has 0 radical (unpaired) electrons. The topological polar surface area (TPSA) is 8.81 Å². The summed E-state index contributed by atoms with van der Waals surface area (Å²) in [5, 5.41) is 2.86. The predicted octanol–water partition coefficient (Wildman–Crippen LogP) is 4.62. The van der Waals surface area contributed by atoms with Gasteiger partial charge < -0.3 is 9.13 Å². The Morgan fingerprint density at radius 2 is 1.38 bits per heavy atom. The van der Waals surface area contributed by atoms with Gasteiger partial charge in [0.05, 0.1) is 12.2 Å². The highest BCUT2D eigenvalue weighted by molar-refractivity contribution is 7.72. The van der Waals surface area contributed by atoms with E-state index in [4.69, 9.17) is 0 Å². The minimum Gasteiger partial charge on any atom is -0.326 e. The van der Waals surface area contributed by atoms with E-state index in [9.17, 15) is 0 Å². The van der Waals surface area contributed by atoms with Crippen LogP contribution in [0.15, 0.2) is 85.2 Å². The molecule has 4 rings (SSSR count). The second kappa shape index (κ2) is 8.76. The van der Waals surface area contributed by atoms with Crippen LogP contribution in [-0.4, -0.2) is 10.7 Å². The Balaban J connectivity index is 1.57. The van der Waals surface area contributed by atoms with Crippen LogP contribution in [0.25, 0.3) is 5.69 Å². The van der Waals surface area contributed by atoms with Gasteiger partial charge in [0, 0.05) is 18.6 Å². The summed E-state index contributed by atoms with van der Waals surface area (Å²) < 4.78 is 4.33. The number of nitrogens with zero attached hydrogens (tertiary/aromatic N) is 2. The second-order valence-corrected chi connectivity index (χ2v) is 9.87. The lowest BCUT2D eigenvalue weighted by atomic mass is 10.1. The summed E-state index contributed by atoms with van der Waals surface area (Å²) >= 11 is 0. The van der Waals surface area contributed by atoms with Gasteiger partial charge >= 0.3 is 0 Å². The molecule has 2 nitrogen and oxygen atoms in total. The van der Waals surface area contributed by atoms with Crippen LogP contribution >= 0.6 is 7.92 Å². The zero-order valence-corrected chi connectivity index (χ0v) is 18.2. The molecule has 0 aliphatic heterocycles. The molecule has 4 aromatic rings. The fourth-order valence-corrected chi connectivity index (χ4v) is 6.28. The van der Waals surface area contributed by atoms with E-state index in [0.29, 0.717) is 0 Å². The molecule has 0 atom stereocenters. The van der Waals surface area contributed by atoms with E-state index in [0.717, 1.165) is 12.7 Å². The molecule has 0 N–H and O–H groups in total. The number of imidazole rings is 1. The molecule has 0 saturated carbocycles. The van der Waals surface area contributed by atoms with Crippen molar-refractivity contribution in [1.29, 1.82) is 0 Å². The third-order valence-electron chi connectivity index (χ3n) is 5.21. The van der Waals surface area contributed by atoms with Crippen molar-refractivity contribution in [3.63, 3.8) is 0 Å². The van der Waals surface area contributed by atoms with E-state index >= 15 is 0 Å². The molecule has 0 unspecified atom stereocenters. The van der Waals surface area contributed by atoms with Crippen molar-refractivity contribution in [2.75, 3.05) is 6.16 Å². The van der Waals surface area contributed by atoms with Crippen molar-refractivity contribution in [2.45, 2.75) is 27.3 Å². The van der Waals surface area contributed by atoms with Crippen LogP contribution in [0.1, 0.15) is 16.7 Å². The lowest BCUT2D eigenvalue weighted by Gasteiger charge is -2.18.